The van der Waals surface area contributed by atoms with Crippen LogP contribution < -0.4 is 5.32 Å². The molecule has 0 saturated carbocycles. The van der Waals surface area contributed by atoms with E-state index in [1.165, 1.54) is 12.5 Å². The number of amides is 1. The lowest BCUT2D eigenvalue weighted by Gasteiger charge is -2.34. The number of hydrogen-bond acceptors (Lipinski definition) is 3. The molecule has 138 valence electrons. The molecule has 2 aromatic rings. The molecule has 27 heavy (non-hydrogen) atoms. The summed E-state index contributed by atoms with van der Waals surface area (Å²) >= 11 is 0. The average molecular weight is 363 g/mol. The number of hydrogen-bond donors (Lipinski definition) is 1. The number of nitrogens with one attached hydrogen (secondary N) is 1. The topological polar surface area (TPSA) is 55.7 Å². The van der Waals surface area contributed by atoms with E-state index in [4.69, 9.17) is 0 Å². The van der Waals surface area contributed by atoms with Gasteiger partial charge in [-0.25, -0.2) is 0 Å². The highest BCUT2D eigenvalue weighted by atomic mass is 16.3. The molecular formula is C21H23N4O2+. The number of nitrogens with zero attached hydrogens (tertiary/aromatic N) is 3. The van der Waals surface area contributed by atoms with E-state index in [2.05, 4.69) is 41.4 Å². The zero-order valence-electron chi connectivity index (χ0n) is 15.6. The lowest BCUT2D eigenvalue weighted by atomic mass is 10.0. The maximum atomic E-state index is 12.8. The zero-order valence-corrected chi connectivity index (χ0v) is 15.6. The van der Waals surface area contributed by atoms with Crippen LogP contribution >= 0.6 is 0 Å². The van der Waals surface area contributed by atoms with Gasteiger partial charge in [0.2, 0.25) is 5.91 Å². The summed E-state index contributed by atoms with van der Waals surface area (Å²) in [7, 11) is 0. The first-order valence-corrected chi connectivity index (χ1v) is 9.21. The smallest absolute Gasteiger partial charge is 0.302 e. The molecule has 6 heteroatoms. The van der Waals surface area contributed by atoms with Crippen molar-refractivity contribution in [3.05, 3.63) is 70.1 Å². The number of fused-ring (bicyclic) bond motifs is 3. The van der Waals surface area contributed by atoms with Crippen molar-refractivity contribution in [1.82, 2.24) is 15.2 Å². The molecule has 1 amide bonds. The second kappa shape index (κ2) is 6.87. The molecule has 0 spiro atoms. The lowest BCUT2D eigenvalue weighted by molar-refractivity contribution is -0.612. The van der Waals surface area contributed by atoms with Gasteiger partial charge in [-0.2, -0.15) is 0 Å². The molecule has 2 aliphatic rings. The van der Waals surface area contributed by atoms with Crippen molar-refractivity contribution >= 4 is 23.0 Å². The number of carbonyl (C=O) groups excluding carboxylic acids is 1. The van der Waals surface area contributed by atoms with Crippen LogP contribution in [-0.4, -0.2) is 46.9 Å². The molecule has 0 fully saturated rings. The molecule has 1 N–H and O–H groups in total. The van der Waals surface area contributed by atoms with Crippen LogP contribution in [0.4, 0.5) is 5.69 Å². The van der Waals surface area contributed by atoms with Crippen molar-refractivity contribution in [2.75, 3.05) is 26.2 Å². The molecule has 0 aliphatic carbocycles. The third-order valence-corrected chi connectivity index (χ3v) is 5.05. The van der Waals surface area contributed by atoms with E-state index < -0.39 is 0 Å². The van der Waals surface area contributed by atoms with Gasteiger partial charge in [0, 0.05) is 38.2 Å². The molecule has 2 heterocycles. The average Bonchev–Trinajstić information content (AvgIpc) is 2.95. The van der Waals surface area contributed by atoms with Gasteiger partial charge in [0.05, 0.1) is 16.2 Å². The number of aryl methyl sites for hydroxylation is 1. The summed E-state index contributed by atoms with van der Waals surface area (Å²) in [4.78, 5) is 27.3. The fourth-order valence-electron chi connectivity index (χ4n) is 3.75. The molecule has 6 nitrogen and oxygen atoms in total. The number of hydrazine groups is 1. The molecule has 0 radical (unpaired) electrons. The standard InChI is InChI=1S/C21H22N4O2/c1-15-7-9-17(10-8-15)20-21-18-5-3-4-6-19(18)25(27)24(21)14-13-23(20)12-11-22-16(2)26/h3-10H,11-14H2,1-2H3/p+1. The van der Waals surface area contributed by atoms with Crippen molar-refractivity contribution in [2.24, 2.45) is 0 Å². The summed E-state index contributed by atoms with van der Waals surface area (Å²) in [6.07, 6.45) is 0. The normalized spacial score (nSPS) is 15.7. The summed E-state index contributed by atoms with van der Waals surface area (Å²) in [5.74, 6) is -0.0323. The molecule has 0 bridgehead atoms. The van der Waals surface area contributed by atoms with Crippen molar-refractivity contribution in [1.29, 1.82) is 0 Å². The van der Waals surface area contributed by atoms with Crippen molar-refractivity contribution < 1.29 is 9.66 Å². The first-order valence-electron chi connectivity index (χ1n) is 9.21. The highest BCUT2D eigenvalue weighted by molar-refractivity contribution is 5.93. The van der Waals surface area contributed by atoms with Crippen LogP contribution in [0.1, 0.15) is 23.6 Å². The third-order valence-electron chi connectivity index (χ3n) is 5.05. The van der Waals surface area contributed by atoms with Crippen LogP contribution in [0.2, 0.25) is 0 Å². The first-order chi connectivity index (χ1) is 13.1. The summed E-state index contributed by atoms with van der Waals surface area (Å²) in [5.41, 5.74) is 5.89. The number of carbonyl (C=O) groups is 1. The maximum Gasteiger partial charge on any atom is 0.302 e. The Labute approximate surface area is 158 Å². The fourth-order valence-corrected chi connectivity index (χ4v) is 3.75. The molecule has 0 atom stereocenters. The lowest BCUT2D eigenvalue weighted by Crippen LogP contribution is -2.43. The van der Waals surface area contributed by atoms with Gasteiger partial charge in [-0.1, -0.05) is 47.0 Å². The van der Waals surface area contributed by atoms with Crippen LogP contribution in [0.3, 0.4) is 0 Å². The monoisotopic (exact) mass is 363 g/mol. The molecule has 0 aromatic heterocycles. The van der Waals surface area contributed by atoms with Crippen molar-refractivity contribution in [3.63, 3.8) is 0 Å². The Morgan fingerprint density at radius 2 is 1.81 bits per heavy atom. The second-order valence-electron chi connectivity index (χ2n) is 6.95. The number of benzene rings is 2. The van der Waals surface area contributed by atoms with Crippen LogP contribution in [0, 0.1) is 11.8 Å². The van der Waals surface area contributed by atoms with Gasteiger partial charge in [0.15, 0.2) is 4.87 Å². The van der Waals surface area contributed by atoms with Crippen molar-refractivity contribution in [2.45, 2.75) is 13.8 Å². The first kappa shape index (κ1) is 17.3. The molecular weight excluding hydrogens is 340 g/mol. The predicted molar refractivity (Wildman–Crippen MR) is 105 cm³/mol. The van der Waals surface area contributed by atoms with Crippen molar-refractivity contribution in [3.8, 4) is 0 Å². The van der Waals surface area contributed by atoms with E-state index in [0.717, 1.165) is 33.9 Å². The summed E-state index contributed by atoms with van der Waals surface area (Å²) in [6.45, 7) is 6.19. The highest BCUT2D eigenvalue weighted by Gasteiger charge is 2.46. The van der Waals surface area contributed by atoms with Gasteiger partial charge < -0.3 is 10.2 Å². The van der Waals surface area contributed by atoms with Gasteiger partial charge in [-0.05, 0) is 13.0 Å². The Kier molecular flexibility index (Phi) is 4.39. The maximum absolute atomic E-state index is 12.8. The zero-order chi connectivity index (χ0) is 19.0. The third kappa shape index (κ3) is 3.07. The molecule has 2 aromatic carbocycles. The van der Waals surface area contributed by atoms with E-state index in [-0.39, 0.29) is 5.91 Å². The van der Waals surface area contributed by atoms with E-state index in [9.17, 15) is 9.70 Å². The van der Waals surface area contributed by atoms with E-state index in [0.29, 0.717) is 25.3 Å². The number of para-hydroxylation sites is 1. The Balaban J connectivity index is 1.83. The second-order valence-corrected chi connectivity index (χ2v) is 6.95. The largest absolute Gasteiger partial charge is 0.365 e. The van der Waals surface area contributed by atoms with Gasteiger partial charge in [0.25, 0.3) is 0 Å². The predicted octanol–water partition coefficient (Wildman–Crippen LogP) is 2.91. The van der Waals surface area contributed by atoms with Gasteiger partial charge in [-0.15, -0.1) is 0 Å². The Morgan fingerprint density at radius 3 is 2.56 bits per heavy atom. The van der Waals surface area contributed by atoms with Crippen LogP contribution in [-0.2, 0) is 4.79 Å². The number of rotatable bonds is 4. The van der Waals surface area contributed by atoms with Gasteiger partial charge in [-0.3, -0.25) is 4.79 Å². The molecule has 2 aliphatic heterocycles. The van der Waals surface area contributed by atoms with Crippen LogP contribution in [0.25, 0.3) is 11.4 Å². The highest BCUT2D eigenvalue weighted by Crippen LogP contribution is 2.44. The summed E-state index contributed by atoms with van der Waals surface area (Å²) < 4.78 is 0. The summed E-state index contributed by atoms with van der Waals surface area (Å²) in [6, 6.07) is 16.1. The number of nitroso groups, excluding NO2 is 1. The van der Waals surface area contributed by atoms with Gasteiger partial charge >= 0.3 is 5.69 Å². The Bertz CT molecular complexity index is 933. The minimum atomic E-state index is -0.0323. The minimum absolute atomic E-state index is 0.0323. The van der Waals surface area contributed by atoms with E-state index in [1.807, 2.05) is 29.3 Å². The van der Waals surface area contributed by atoms with E-state index in [1.54, 1.807) is 0 Å². The quantitative estimate of drug-likeness (QED) is 0.849. The fraction of sp³-hybridized carbons (Fsp3) is 0.286. The molecule has 0 unspecified atom stereocenters. The van der Waals surface area contributed by atoms with Crippen LogP contribution in [0.5, 0.6) is 0 Å². The SMILES string of the molecule is CC(=O)NCCN1CCN2C(=C1c1ccc(C)cc1)c1ccccc1[N+]2=O. The van der Waals surface area contributed by atoms with Crippen LogP contribution in [0.15, 0.2) is 48.5 Å². The van der Waals surface area contributed by atoms with E-state index >= 15 is 0 Å². The minimum Gasteiger partial charge on any atom is -0.365 e. The summed E-state index contributed by atoms with van der Waals surface area (Å²) in [5, 5.41) is 4.69. The Morgan fingerprint density at radius 1 is 1.07 bits per heavy atom. The van der Waals surface area contributed by atoms with Gasteiger partial charge in [0.1, 0.15) is 12.2 Å². The molecule has 4 rings (SSSR count). The molecule has 0 saturated heterocycles. The Hall–Kier alpha value is -3.15.